The van der Waals surface area contributed by atoms with E-state index >= 15 is 0 Å². The van der Waals surface area contributed by atoms with E-state index in [4.69, 9.17) is 9.84 Å². The van der Waals surface area contributed by atoms with Crippen LogP contribution in [0.2, 0.25) is 0 Å². The van der Waals surface area contributed by atoms with Gasteiger partial charge in [-0.3, -0.25) is 9.59 Å². The highest BCUT2D eigenvalue weighted by atomic mass is 19.2. The van der Waals surface area contributed by atoms with Crippen molar-refractivity contribution < 1.29 is 28.2 Å². The first-order valence-corrected chi connectivity index (χ1v) is 6.48. The fraction of sp³-hybridized carbons (Fsp3) is 0.429. The first-order valence-electron chi connectivity index (χ1n) is 6.48. The van der Waals surface area contributed by atoms with E-state index < -0.39 is 29.4 Å². The van der Waals surface area contributed by atoms with Crippen LogP contribution in [0.3, 0.4) is 0 Å². The summed E-state index contributed by atoms with van der Waals surface area (Å²) in [5.74, 6) is -3.37. The zero-order chi connectivity index (χ0) is 15.8. The van der Waals surface area contributed by atoms with E-state index in [-0.39, 0.29) is 31.7 Å². The molecule has 0 bridgehead atoms. The van der Waals surface area contributed by atoms with Gasteiger partial charge in [0.1, 0.15) is 0 Å². The minimum absolute atomic E-state index is 0.0614. The predicted molar refractivity (Wildman–Crippen MR) is 70.8 cm³/mol. The van der Waals surface area contributed by atoms with Crippen molar-refractivity contribution in [2.45, 2.75) is 19.4 Å². The lowest BCUT2D eigenvalue weighted by Crippen LogP contribution is -2.40. The molecule has 1 atom stereocenters. The standard InChI is InChI=1S/C14H17F2NO4/c1-2-21-13(19)8-12(17-5-6-18)14(20)9-3-4-10(15)11(16)7-9/h3-4,7,12,17-18H,2,5-6,8H2,1H3. The lowest BCUT2D eigenvalue weighted by Gasteiger charge is -2.16. The van der Waals surface area contributed by atoms with Crippen molar-refractivity contribution in [3.05, 3.63) is 35.4 Å². The zero-order valence-electron chi connectivity index (χ0n) is 11.6. The fourth-order valence-electron chi connectivity index (χ4n) is 1.73. The second-order valence-corrected chi connectivity index (χ2v) is 4.23. The lowest BCUT2D eigenvalue weighted by atomic mass is 10.0. The van der Waals surface area contributed by atoms with Gasteiger partial charge in [-0.15, -0.1) is 0 Å². The molecule has 1 rings (SSSR count). The van der Waals surface area contributed by atoms with Gasteiger partial charge >= 0.3 is 5.97 Å². The van der Waals surface area contributed by atoms with Crippen molar-refractivity contribution in [2.24, 2.45) is 0 Å². The number of carbonyl (C=O) groups excluding carboxylic acids is 2. The molecule has 2 N–H and O–H groups in total. The molecule has 0 saturated heterocycles. The number of benzene rings is 1. The number of hydrogen-bond donors (Lipinski definition) is 2. The molecule has 21 heavy (non-hydrogen) atoms. The molecule has 5 nitrogen and oxygen atoms in total. The van der Waals surface area contributed by atoms with Crippen LogP contribution in [-0.4, -0.2) is 42.7 Å². The Labute approximate surface area is 120 Å². The third kappa shape index (κ3) is 5.20. The summed E-state index contributed by atoms with van der Waals surface area (Å²) in [4.78, 5) is 23.7. The molecule has 1 aromatic rings. The molecule has 0 amide bonds. The number of hydrogen-bond acceptors (Lipinski definition) is 5. The van der Waals surface area contributed by atoms with Gasteiger partial charge < -0.3 is 15.2 Å². The molecule has 0 aliphatic rings. The number of halogens is 2. The van der Waals surface area contributed by atoms with Gasteiger partial charge in [-0.2, -0.15) is 0 Å². The van der Waals surface area contributed by atoms with E-state index in [9.17, 15) is 18.4 Å². The Balaban J connectivity index is 2.87. The number of aliphatic hydroxyl groups excluding tert-OH is 1. The molecule has 0 fully saturated rings. The van der Waals surface area contributed by atoms with Crippen LogP contribution in [0.1, 0.15) is 23.7 Å². The van der Waals surface area contributed by atoms with Crippen LogP contribution in [0.15, 0.2) is 18.2 Å². The first-order chi connectivity index (χ1) is 9.99. The number of ketones is 1. The van der Waals surface area contributed by atoms with Gasteiger partial charge in [0.25, 0.3) is 0 Å². The Morgan fingerprint density at radius 3 is 2.62 bits per heavy atom. The van der Waals surface area contributed by atoms with E-state index in [2.05, 4.69) is 5.32 Å². The average molecular weight is 301 g/mol. The van der Waals surface area contributed by atoms with Crippen molar-refractivity contribution >= 4 is 11.8 Å². The van der Waals surface area contributed by atoms with Crippen LogP contribution in [0, 0.1) is 11.6 Å². The van der Waals surface area contributed by atoms with Crippen LogP contribution >= 0.6 is 0 Å². The van der Waals surface area contributed by atoms with Gasteiger partial charge in [0.15, 0.2) is 17.4 Å². The quantitative estimate of drug-likeness (QED) is 0.554. The Morgan fingerprint density at radius 2 is 2.05 bits per heavy atom. The summed E-state index contributed by atoms with van der Waals surface area (Å²) in [5.41, 5.74) is -0.0614. The number of Topliss-reactive ketones (excluding diaryl/α,β-unsaturated/α-hetero) is 1. The third-order valence-corrected chi connectivity index (χ3v) is 2.70. The van der Waals surface area contributed by atoms with Crippen molar-refractivity contribution in [3.63, 3.8) is 0 Å². The molecule has 116 valence electrons. The van der Waals surface area contributed by atoms with E-state index in [1.165, 1.54) is 0 Å². The predicted octanol–water partition coefficient (Wildman–Crippen LogP) is 1.05. The summed E-state index contributed by atoms with van der Waals surface area (Å²) in [7, 11) is 0. The van der Waals surface area contributed by atoms with Gasteiger partial charge in [0.2, 0.25) is 0 Å². The monoisotopic (exact) mass is 301 g/mol. The molecule has 1 unspecified atom stereocenters. The highest BCUT2D eigenvalue weighted by Gasteiger charge is 2.24. The Morgan fingerprint density at radius 1 is 1.33 bits per heavy atom. The summed E-state index contributed by atoms with van der Waals surface area (Å²) in [6, 6.07) is 1.78. The Bertz CT molecular complexity index is 508. The molecule has 0 spiro atoms. The average Bonchev–Trinajstić information content (AvgIpc) is 2.46. The Kier molecular flexibility index (Phi) is 6.90. The van der Waals surface area contributed by atoms with Crippen LogP contribution in [0.25, 0.3) is 0 Å². The highest BCUT2D eigenvalue weighted by Crippen LogP contribution is 2.12. The second kappa shape index (κ2) is 8.43. The molecule has 0 saturated carbocycles. The first kappa shape index (κ1) is 17.2. The smallest absolute Gasteiger partial charge is 0.307 e. The molecule has 0 heterocycles. The van der Waals surface area contributed by atoms with Crippen molar-refractivity contribution in [1.82, 2.24) is 5.32 Å². The molecule has 0 aliphatic heterocycles. The Hall–Kier alpha value is -1.86. The summed E-state index contributed by atoms with van der Waals surface area (Å²) >= 11 is 0. The van der Waals surface area contributed by atoms with Crippen LogP contribution in [0.5, 0.6) is 0 Å². The minimum Gasteiger partial charge on any atom is -0.466 e. The summed E-state index contributed by atoms with van der Waals surface area (Å²) < 4.78 is 30.8. The summed E-state index contributed by atoms with van der Waals surface area (Å²) in [6.45, 7) is 1.65. The molecule has 0 aliphatic carbocycles. The van der Waals surface area contributed by atoms with Crippen molar-refractivity contribution in [2.75, 3.05) is 19.8 Å². The van der Waals surface area contributed by atoms with Crippen molar-refractivity contribution in [3.8, 4) is 0 Å². The number of ether oxygens (including phenoxy) is 1. The second-order valence-electron chi connectivity index (χ2n) is 4.23. The number of esters is 1. The summed E-state index contributed by atoms with van der Waals surface area (Å²) in [6.07, 6.45) is -0.258. The third-order valence-electron chi connectivity index (χ3n) is 2.70. The molecule has 7 heteroatoms. The molecular weight excluding hydrogens is 284 g/mol. The SMILES string of the molecule is CCOC(=O)CC(NCCO)C(=O)c1ccc(F)c(F)c1. The van der Waals surface area contributed by atoms with E-state index in [0.29, 0.717) is 0 Å². The number of rotatable bonds is 8. The van der Waals surface area contributed by atoms with Crippen LogP contribution in [-0.2, 0) is 9.53 Å². The maximum Gasteiger partial charge on any atom is 0.307 e. The van der Waals surface area contributed by atoms with Gasteiger partial charge in [0.05, 0.1) is 25.7 Å². The van der Waals surface area contributed by atoms with Gasteiger partial charge in [0, 0.05) is 12.1 Å². The van der Waals surface area contributed by atoms with Crippen LogP contribution in [0.4, 0.5) is 8.78 Å². The lowest BCUT2D eigenvalue weighted by molar-refractivity contribution is -0.143. The topological polar surface area (TPSA) is 75.6 Å². The van der Waals surface area contributed by atoms with E-state index in [0.717, 1.165) is 18.2 Å². The molecule has 0 aromatic heterocycles. The number of aliphatic hydroxyl groups is 1. The zero-order valence-corrected chi connectivity index (χ0v) is 11.6. The summed E-state index contributed by atoms with van der Waals surface area (Å²) in [5, 5.41) is 11.5. The number of carbonyl (C=O) groups is 2. The van der Waals surface area contributed by atoms with E-state index in [1.807, 2.05) is 0 Å². The maximum absolute atomic E-state index is 13.2. The van der Waals surface area contributed by atoms with Gasteiger partial charge in [-0.25, -0.2) is 8.78 Å². The molecule has 1 aromatic carbocycles. The largest absolute Gasteiger partial charge is 0.466 e. The maximum atomic E-state index is 13.2. The minimum atomic E-state index is -1.14. The molecule has 0 radical (unpaired) electrons. The number of nitrogens with one attached hydrogen (secondary N) is 1. The van der Waals surface area contributed by atoms with Crippen LogP contribution < -0.4 is 5.32 Å². The highest BCUT2D eigenvalue weighted by molar-refractivity contribution is 6.01. The normalized spacial score (nSPS) is 12.0. The van der Waals surface area contributed by atoms with E-state index in [1.54, 1.807) is 6.92 Å². The van der Waals surface area contributed by atoms with Gasteiger partial charge in [-0.05, 0) is 25.1 Å². The fourth-order valence-corrected chi connectivity index (χ4v) is 1.73. The molecular formula is C14H17F2NO4. The van der Waals surface area contributed by atoms with Crippen molar-refractivity contribution in [1.29, 1.82) is 0 Å². The van der Waals surface area contributed by atoms with Gasteiger partial charge in [-0.1, -0.05) is 0 Å².